The highest BCUT2D eigenvalue weighted by Crippen LogP contribution is 2.30. The van der Waals surface area contributed by atoms with E-state index >= 15 is 0 Å². The van der Waals surface area contributed by atoms with Crippen molar-refractivity contribution >= 4 is 34.9 Å². The number of rotatable bonds is 3. The molecule has 2 aromatic rings. The Morgan fingerprint density at radius 1 is 1.30 bits per heavy atom. The van der Waals surface area contributed by atoms with E-state index in [4.69, 9.17) is 33.7 Å². The van der Waals surface area contributed by atoms with Gasteiger partial charge in [-0.05, 0) is 23.8 Å². The van der Waals surface area contributed by atoms with Crippen LogP contribution in [0.4, 0.5) is 5.82 Å². The molecule has 0 aliphatic carbocycles. The number of nitrogens with two attached hydrogens (primary N) is 1. The molecule has 23 heavy (non-hydrogen) atoms. The van der Waals surface area contributed by atoms with E-state index in [9.17, 15) is 4.79 Å². The van der Waals surface area contributed by atoms with Crippen LogP contribution in [0.5, 0.6) is 0 Å². The fourth-order valence-corrected chi connectivity index (χ4v) is 2.93. The Morgan fingerprint density at radius 3 is 2.70 bits per heavy atom. The van der Waals surface area contributed by atoms with Crippen molar-refractivity contribution in [2.45, 2.75) is 6.10 Å². The first-order chi connectivity index (χ1) is 11.0. The topological polar surface area (TPSA) is 68.5 Å². The quantitative estimate of drug-likeness (QED) is 0.922. The molecule has 0 spiro atoms. The number of anilines is 1. The lowest BCUT2D eigenvalue weighted by molar-refractivity contribution is 0.0395. The van der Waals surface area contributed by atoms with Crippen LogP contribution >= 0.6 is 23.2 Å². The van der Waals surface area contributed by atoms with Crippen LogP contribution in [0.2, 0.25) is 10.0 Å². The fraction of sp³-hybridized carbons (Fsp3) is 0.250. The van der Waals surface area contributed by atoms with Crippen LogP contribution < -0.4 is 10.6 Å². The largest absolute Gasteiger partial charge is 0.370 e. The molecule has 1 aromatic carbocycles. The molecule has 0 saturated carbocycles. The molecular weight excluding hydrogens is 337 g/mol. The molecule has 0 radical (unpaired) electrons. The maximum atomic E-state index is 11.2. The zero-order chi connectivity index (χ0) is 16.4. The van der Waals surface area contributed by atoms with Gasteiger partial charge < -0.3 is 15.4 Å². The predicted octanol–water partition coefficient (Wildman–Crippen LogP) is 3.07. The van der Waals surface area contributed by atoms with E-state index in [0.29, 0.717) is 41.1 Å². The van der Waals surface area contributed by atoms with E-state index in [1.54, 1.807) is 6.07 Å². The van der Waals surface area contributed by atoms with Gasteiger partial charge in [-0.3, -0.25) is 4.79 Å². The van der Waals surface area contributed by atoms with Gasteiger partial charge in [-0.15, -0.1) is 0 Å². The van der Waals surface area contributed by atoms with Gasteiger partial charge >= 0.3 is 0 Å². The maximum Gasteiger partial charge on any atom is 0.250 e. The second-order valence-electron chi connectivity index (χ2n) is 5.25. The number of amides is 1. The van der Waals surface area contributed by atoms with Crippen molar-refractivity contribution in [1.82, 2.24) is 4.98 Å². The lowest BCUT2D eigenvalue weighted by atomic mass is 10.1. The highest BCUT2D eigenvalue weighted by molar-refractivity contribution is 6.33. The summed E-state index contributed by atoms with van der Waals surface area (Å²) < 4.78 is 5.83. The summed E-state index contributed by atoms with van der Waals surface area (Å²) in [6.07, 6.45) is 1.35. The number of nitrogens with zero attached hydrogens (tertiary/aromatic N) is 2. The molecule has 1 aromatic heterocycles. The van der Waals surface area contributed by atoms with Crippen LogP contribution in [0, 0.1) is 0 Å². The number of hydrogen-bond donors (Lipinski definition) is 1. The lowest BCUT2D eigenvalue weighted by Gasteiger charge is -2.34. The Balaban J connectivity index is 1.81. The first-order valence-corrected chi connectivity index (χ1v) is 7.87. The Morgan fingerprint density at radius 2 is 2.04 bits per heavy atom. The van der Waals surface area contributed by atoms with Crippen LogP contribution in [0.3, 0.4) is 0 Å². The van der Waals surface area contributed by atoms with Crippen molar-refractivity contribution in [3.8, 4) is 0 Å². The van der Waals surface area contributed by atoms with Crippen LogP contribution in [0.15, 0.2) is 36.5 Å². The highest BCUT2D eigenvalue weighted by Gasteiger charge is 2.24. The monoisotopic (exact) mass is 351 g/mol. The average molecular weight is 352 g/mol. The van der Waals surface area contributed by atoms with Crippen molar-refractivity contribution in [2.75, 3.05) is 24.6 Å². The molecule has 2 N–H and O–H groups in total. The van der Waals surface area contributed by atoms with Crippen molar-refractivity contribution < 1.29 is 9.53 Å². The Hall–Kier alpha value is -1.82. The number of aromatic nitrogens is 1. The molecule has 1 fully saturated rings. The van der Waals surface area contributed by atoms with Crippen LogP contribution in [-0.4, -0.2) is 30.6 Å². The minimum Gasteiger partial charge on any atom is -0.370 e. The second kappa shape index (κ2) is 6.74. The molecule has 2 heterocycles. The van der Waals surface area contributed by atoms with E-state index < -0.39 is 5.91 Å². The van der Waals surface area contributed by atoms with Crippen LogP contribution in [0.25, 0.3) is 0 Å². The summed E-state index contributed by atoms with van der Waals surface area (Å²) in [5.74, 6) is 0.0749. The Labute approximate surface area is 144 Å². The van der Waals surface area contributed by atoms with E-state index in [1.807, 2.05) is 29.2 Å². The van der Waals surface area contributed by atoms with Crippen LogP contribution in [0.1, 0.15) is 22.0 Å². The summed E-state index contributed by atoms with van der Waals surface area (Å²) in [6, 6.07) is 9.11. The number of carbonyl (C=O) groups excluding carboxylic acids is 1. The van der Waals surface area contributed by atoms with Gasteiger partial charge in [-0.1, -0.05) is 35.3 Å². The third-order valence-corrected chi connectivity index (χ3v) is 4.24. The van der Waals surface area contributed by atoms with Crippen molar-refractivity contribution in [1.29, 1.82) is 0 Å². The van der Waals surface area contributed by atoms with E-state index in [2.05, 4.69) is 4.98 Å². The molecule has 1 aliphatic heterocycles. The number of hydrogen-bond acceptors (Lipinski definition) is 4. The molecule has 1 aliphatic rings. The van der Waals surface area contributed by atoms with Gasteiger partial charge in [-0.25, -0.2) is 4.98 Å². The van der Waals surface area contributed by atoms with Gasteiger partial charge in [0.2, 0.25) is 5.91 Å². The maximum absolute atomic E-state index is 11.2. The molecule has 1 saturated heterocycles. The van der Waals surface area contributed by atoms with Gasteiger partial charge in [-0.2, -0.15) is 0 Å². The normalized spacial score (nSPS) is 18.0. The standard InChI is InChI=1S/C16H15Cl2N3O2/c17-12-3-1-10(2-4-12)14-9-21(5-6-23-14)16-13(18)7-11(8-20-16)15(19)22/h1-4,7-8,14H,5-6,9H2,(H2,19,22). The molecule has 5 nitrogen and oxygen atoms in total. The fourth-order valence-electron chi connectivity index (χ4n) is 2.52. The number of benzene rings is 1. The summed E-state index contributed by atoms with van der Waals surface area (Å²) in [5, 5.41) is 1.09. The molecular formula is C16H15Cl2N3O2. The highest BCUT2D eigenvalue weighted by atomic mass is 35.5. The van der Waals surface area contributed by atoms with Gasteiger partial charge in [0.25, 0.3) is 0 Å². The molecule has 1 unspecified atom stereocenters. The molecule has 7 heteroatoms. The summed E-state index contributed by atoms with van der Waals surface area (Å²) in [6.45, 7) is 1.85. The summed E-state index contributed by atoms with van der Waals surface area (Å²) in [5.41, 5.74) is 6.58. The van der Waals surface area contributed by atoms with Crippen molar-refractivity contribution in [3.63, 3.8) is 0 Å². The average Bonchev–Trinajstić information content (AvgIpc) is 2.55. The zero-order valence-electron chi connectivity index (χ0n) is 12.2. The van der Waals surface area contributed by atoms with Gasteiger partial charge in [0, 0.05) is 24.3 Å². The Kier molecular flexibility index (Phi) is 4.71. The van der Waals surface area contributed by atoms with Crippen LogP contribution in [-0.2, 0) is 4.74 Å². The number of carbonyl (C=O) groups is 1. The zero-order valence-corrected chi connectivity index (χ0v) is 13.7. The molecule has 1 atom stereocenters. The minimum absolute atomic E-state index is 0.0882. The first kappa shape index (κ1) is 16.1. The number of ether oxygens (including phenoxy) is 1. The predicted molar refractivity (Wildman–Crippen MR) is 90.1 cm³/mol. The molecule has 0 bridgehead atoms. The third kappa shape index (κ3) is 3.58. The first-order valence-electron chi connectivity index (χ1n) is 7.12. The third-order valence-electron chi connectivity index (χ3n) is 3.71. The van der Waals surface area contributed by atoms with Crippen molar-refractivity contribution in [2.24, 2.45) is 5.73 Å². The lowest BCUT2D eigenvalue weighted by Crippen LogP contribution is -2.39. The number of halogens is 2. The smallest absolute Gasteiger partial charge is 0.250 e. The number of pyridine rings is 1. The minimum atomic E-state index is -0.549. The van der Waals surface area contributed by atoms with E-state index in [1.165, 1.54) is 6.20 Å². The van der Waals surface area contributed by atoms with Gasteiger partial charge in [0.15, 0.2) is 0 Å². The Bertz CT molecular complexity index is 722. The summed E-state index contributed by atoms with van der Waals surface area (Å²) in [7, 11) is 0. The van der Waals surface area contributed by atoms with Crippen molar-refractivity contribution in [3.05, 3.63) is 57.7 Å². The molecule has 3 rings (SSSR count). The van der Waals surface area contributed by atoms with Gasteiger partial charge in [0.1, 0.15) is 11.9 Å². The van der Waals surface area contributed by atoms with Gasteiger partial charge in [0.05, 0.1) is 17.2 Å². The summed E-state index contributed by atoms with van der Waals surface area (Å²) >= 11 is 12.2. The summed E-state index contributed by atoms with van der Waals surface area (Å²) in [4.78, 5) is 17.5. The van der Waals surface area contributed by atoms with E-state index in [0.717, 1.165) is 5.56 Å². The SMILES string of the molecule is NC(=O)c1cnc(N2CCOC(c3ccc(Cl)cc3)C2)c(Cl)c1. The number of primary amides is 1. The molecule has 120 valence electrons. The second-order valence-corrected chi connectivity index (χ2v) is 6.09. The molecule has 1 amide bonds. The number of morpholine rings is 1. The van der Waals surface area contributed by atoms with E-state index in [-0.39, 0.29) is 6.10 Å².